The van der Waals surface area contributed by atoms with Crippen LogP contribution in [0.5, 0.6) is 0 Å². The molecule has 5 rings (SSSR count). The number of likely N-dealkylation sites (N-methyl/N-ethyl adjacent to an activating group) is 1. The van der Waals surface area contributed by atoms with Gasteiger partial charge in [-0.25, -0.2) is 0 Å². The topological polar surface area (TPSA) is 34.9 Å². The van der Waals surface area contributed by atoms with Gasteiger partial charge in [0.05, 0.1) is 12.1 Å². The molecule has 1 aliphatic carbocycles. The summed E-state index contributed by atoms with van der Waals surface area (Å²) in [7, 11) is 2.18. The Morgan fingerprint density at radius 3 is 2.71 bits per heavy atom. The third kappa shape index (κ3) is 3.28. The van der Waals surface area contributed by atoms with Gasteiger partial charge in [0.2, 0.25) is 0 Å². The third-order valence-corrected chi connectivity index (χ3v) is 7.15. The molecule has 0 bridgehead atoms. The molecule has 0 saturated carbocycles. The van der Waals surface area contributed by atoms with E-state index in [4.69, 9.17) is 0 Å². The van der Waals surface area contributed by atoms with E-state index < -0.39 is 0 Å². The Hall–Kier alpha value is -1.40. The highest BCUT2D eigenvalue weighted by atomic mass is 16.3. The molecule has 5 nitrogen and oxygen atoms in total. The first-order valence-corrected chi connectivity index (χ1v) is 11.0. The Balaban J connectivity index is 1.34. The van der Waals surface area contributed by atoms with Gasteiger partial charge in [0.15, 0.2) is 0 Å². The molecule has 0 amide bonds. The first-order chi connectivity index (χ1) is 13.6. The van der Waals surface area contributed by atoms with Gasteiger partial charge in [0, 0.05) is 69.0 Å². The van der Waals surface area contributed by atoms with Crippen molar-refractivity contribution >= 4 is 10.9 Å². The van der Waals surface area contributed by atoms with Crippen LogP contribution >= 0.6 is 0 Å². The molecule has 1 saturated heterocycles. The molecule has 3 aliphatic rings. The molecule has 0 radical (unpaired) electrons. The molecule has 0 unspecified atom stereocenters. The predicted molar refractivity (Wildman–Crippen MR) is 114 cm³/mol. The summed E-state index contributed by atoms with van der Waals surface area (Å²) in [4.78, 5) is 7.38. The van der Waals surface area contributed by atoms with E-state index in [1.807, 2.05) is 0 Å². The van der Waals surface area contributed by atoms with Crippen LogP contribution in [0.4, 0.5) is 0 Å². The van der Waals surface area contributed by atoms with Crippen LogP contribution in [0, 0.1) is 6.92 Å². The normalized spacial score (nSPS) is 25.2. The number of piperazine rings is 1. The number of aliphatic hydroxyl groups is 1. The van der Waals surface area contributed by atoms with Crippen LogP contribution in [-0.4, -0.2) is 83.3 Å². The maximum absolute atomic E-state index is 10.8. The highest BCUT2D eigenvalue weighted by Gasteiger charge is 2.35. The van der Waals surface area contributed by atoms with Crippen molar-refractivity contribution in [1.82, 2.24) is 19.3 Å². The van der Waals surface area contributed by atoms with Crippen molar-refractivity contribution < 1.29 is 5.11 Å². The molecule has 3 heterocycles. The van der Waals surface area contributed by atoms with Crippen molar-refractivity contribution in [2.24, 2.45) is 0 Å². The maximum atomic E-state index is 10.8. The lowest BCUT2D eigenvalue weighted by Gasteiger charge is -2.41. The number of fused-ring (bicyclic) bond motifs is 3. The molecule has 2 atom stereocenters. The Kier molecular flexibility index (Phi) is 4.95. The number of nitrogens with zero attached hydrogens (tertiary/aromatic N) is 4. The average molecular weight is 383 g/mol. The summed E-state index contributed by atoms with van der Waals surface area (Å²) in [5.74, 6) is 0. The van der Waals surface area contributed by atoms with Crippen LogP contribution in [0.3, 0.4) is 0 Å². The van der Waals surface area contributed by atoms with Crippen molar-refractivity contribution in [2.75, 3.05) is 52.9 Å². The fraction of sp³-hybridized carbons (Fsp3) is 0.652. The molecule has 28 heavy (non-hydrogen) atoms. The van der Waals surface area contributed by atoms with E-state index in [0.29, 0.717) is 6.04 Å². The Morgan fingerprint density at radius 2 is 1.89 bits per heavy atom. The van der Waals surface area contributed by atoms with Gasteiger partial charge in [0.1, 0.15) is 0 Å². The number of hydrogen-bond donors (Lipinski definition) is 1. The van der Waals surface area contributed by atoms with E-state index in [1.54, 1.807) is 11.3 Å². The van der Waals surface area contributed by atoms with E-state index >= 15 is 0 Å². The SMILES string of the molecule is Cc1ccc2c(c1)c1c3n2CCN(C[C@@H](O)CN2CCN(C)CC2)[C@H]3CCC1. The minimum absolute atomic E-state index is 0.257. The van der Waals surface area contributed by atoms with E-state index in [2.05, 4.69) is 51.4 Å². The lowest BCUT2D eigenvalue weighted by molar-refractivity contribution is 0.0316. The molecular weight excluding hydrogens is 348 g/mol. The minimum atomic E-state index is -0.257. The minimum Gasteiger partial charge on any atom is -0.390 e. The molecule has 1 N–H and O–H groups in total. The number of hydrogen-bond acceptors (Lipinski definition) is 4. The molecule has 1 aromatic heterocycles. The number of benzene rings is 1. The molecule has 1 fully saturated rings. The van der Waals surface area contributed by atoms with Crippen molar-refractivity contribution in [3.63, 3.8) is 0 Å². The van der Waals surface area contributed by atoms with Gasteiger partial charge >= 0.3 is 0 Å². The second-order valence-corrected chi connectivity index (χ2v) is 9.20. The van der Waals surface area contributed by atoms with Crippen LogP contribution in [0.15, 0.2) is 18.2 Å². The number of rotatable bonds is 4. The summed E-state index contributed by atoms with van der Waals surface area (Å²) in [6.45, 7) is 10.3. The van der Waals surface area contributed by atoms with E-state index in [1.165, 1.54) is 35.7 Å². The molecule has 2 aromatic rings. The molecule has 1 aromatic carbocycles. The van der Waals surface area contributed by atoms with Crippen LogP contribution in [0.25, 0.3) is 10.9 Å². The van der Waals surface area contributed by atoms with E-state index in [9.17, 15) is 5.11 Å². The molecule has 0 spiro atoms. The Labute approximate surface area is 168 Å². The first kappa shape index (κ1) is 18.6. The summed E-state index contributed by atoms with van der Waals surface area (Å²) < 4.78 is 2.58. The molecule has 2 aliphatic heterocycles. The van der Waals surface area contributed by atoms with Gasteiger partial charge in [-0.05, 0) is 50.9 Å². The average Bonchev–Trinajstić information content (AvgIpc) is 3.00. The van der Waals surface area contributed by atoms with Crippen molar-refractivity contribution in [3.05, 3.63) is 35.0 Å². The number of β-amino-alcohol motifs (C(OH)–C–C–N with tert-alkyl or cyclic N) is 1. The largest absolute Gasteiger partial charge is 0.390 e. The van der Waals surface area contributed by atoms with E-state index in [-0.39, 0.29) is 6.10 Å². The second kappa shape index (κ2) is 7.45. The number of aromatic nitrogens is 1. The van der Waals surface area contributed by atoms with Crippen molar-refractivity contribution in [3.8, 4) is 0 Å². The third-order valence-electron chi connectivity index (χ3n) is 7.15. The number of aliphatic hydroxyl groups excluding tert-OH is 1. The summed E-state index contributed by atoms with van der Waals surface area (Å²) in [6, 6.07) is 7.42. The zero-order valence-corrected chi connectivity index (χ0v) is 17.4. The number of aryl methyl sites for hydroxylation is 2. The van der Waals surface area contributed by atoms with Gasteiger partial charge in [-0.2, -0.15) is 0 Å². The Bertz CT molecular complexity index is 852. The quantitative estimate of drug-likeness (QED) is 0.880. The van der Waals surface area contributed by atoms with Gasteiger partial charge in [-0.1, -0.05) is 11.6 Å². The molecule has 152 valence electrons. The van der Waals surface area contributed by atoms with Crippen molar-refractivity contribution in [2.45, 2.75) is 44.9 Å². The summed E-state index contributed by atoms with van der Waals surface area (Å²) >= 11 is 0. The Morgan fingerprint density at radius 1 is 1.07 bits per heavy atom. The van der Waals surface area contributed by atoms with Gasteiger partial charge in [-0.15, -0.1) is 0 Å². The zero-order valence-electron chi connectivity index (χ0n) is 17.4. The summed E-state index contributed by atoms with van der Waals surface area (Å²) in [5, 5.41) is 12.3. The van der Waals surface area contributed by atoms with Crippen LogP contribution in [0.1, 0.15) is 35.7 Å². The van der Waals surface area contributed by atoms with E-state index in [0.717, 1.165) is 52.4 Å². The predicted octanol–water partition coefficient (Wildman–Crippen LogP) is 2.25. The van der Waals surface area contributed by atoms with Gasteiger partial charge < -0.3 is 14.6 Å². The standard InChI is InChI=1S/C23H34N4O/c1-17-6-7-21-20(14-17)19-4-3-5-22-23(19)27(21)13-12-26(22)16-18(28)15-25-10-8-24(2)9-11-25/h6-7,14,18,22,28H,3-5,8-13,15-16H2,1-2H3/t18-,22-/m0/s1. The summed E-state index contributed by atoms with van der Waals surface area (Å²) in [5.41, 5.74) is 5.89. The van der Waals surface area contributed by atoms with Crippen molar-refractivity contribution in [1.29, 1.82) is 0 Å². The first-order valence-electron chi connectivity index (χ1n) is 11.0. The molecule has 5 heteroatoms. The molecular formula is C23H34N4O. The second-order valence-electron chi connectivity index (χ2n) is 9.20. The zero-order chi connectivity index (χ0) is 19.3. The van der Waals surface area contributed by atoms with Crippen LogP contribution in [0.2, 0.25) is 0 Å². The lowest BCUT2D eigenvalue weighted by Crippen LogP contribution is -2.50. The maximum Gasteiger partial charge on any atom is 0.0794 e. The fourth-order valence-electron chi connectivity index (χ4n) is 5.67. The monoisotopic (exact) mass is 382 g/mol. The summed E-state index contributed by atoms with van der Waals surface area (Å²) in [6.07, 6.45) is 3.43. The highest BCUT2D eigenvalue weighted by Crippen LogP contribution is 2.42. The highest BCUT2D eigenvalue weighted by molar-refractivity contribution is 5.87. The fourth-order valence-corrected chi connectivity index (χ4v) is 5.67. The smallest absolute Gasteiger partial charge is 0.0794 e. The van der Waals surface area contributed by atoms with Gasteiger partial charge in [-0.3, -0.25) is 9.80 Å². The van der Waals surface area contributed by atoms with Crippen LogP contribution < -0.4 is 0 Å². The lowest BCUT2D eigenvalue weighted by atomic mass is 9.89. The van der Waals surface area contributed by atoms with Gasteiger partial charge in [0.25, 0.3) is 0 Å². The van der Waals surface area contributed by atoms with Crippen LogP contribution in [-0.2, 0) is 13.0 Å².